The second kappa shape index (κ2) is 6.74. The largest absolute Gasteiger partial charge is 0.459 e. The minimum atomic E-state index is -0.133. The number of amides is 1. The number of anilines is 1. The Labute approximate surface area is 139 Å². The van der Waals surface area contributed by atoms with Gasteiger partial charge in [-0.3, -0.25) is 14.6 Å². The lowest BCUT2D eigenvalue weighted by molar-refractivity contribution is 0.0714. The van der Waals surface area contributed by atoms with Crippen LogP contribution in [0.5, 0.6) is 0 Å². The molecule has 3 rings (SSSR count). The van der Waals surface area contributed by atoms with Gasteiger partial charge in [0.25, 0.3) is 11.5 Å². The highest BCUT2D eigenvalue weighted by molar-refractivity contribution is 5.91. The first kappa shape index (κ1) is 16.0. The zero-order valence-electron chi connectivity index (χ0n) is 13.6. The summed E-state index contributed by atoms with van der Waals surface area (Å²) >= 11 is 0. The summed E-state index contributed by atoms with van der Waals surface area (Å²) in [5, 5.41) is 0. The van der Waals surface area contributed by atoms with Gasteiger partial charge in [0.05, 0.1) is 12.0 Å². The van der Waals surface area contributed by atoms with Crippen LogP contribution in [0.3, 0.4) is 0 Å². The quantitative estimate of drug-likeness (QED) is 0.857. The predicted octanol–water partition coefficient (Wildman–Crippen LogP) is 1.36. The summed E-state index contributed by atoms with van der Waals surface area (Å²) in [6.45, 7) is 7.81. The standard InChI is InChI=1S/C17H20N4O3/c1-3-5-13-12(2)18-17(19-15(13)22)21-9-7-20(8-10-21)16(23)14-6-4-11-24-14/h3-4,6,11H,1,5,7-10H2,2H3,(H,18,19,22). The second-order valence-electron chi connectivity index (χ2n) is 5.70. The summed E-state index contributed by atoms with van der Waals surface area (Å²) in [6.07, 6.45) is 3.68. The third-order valence-corrected chi connectivity index (χ3v) is 4.16. The van der Waals surface area contributed by atoms with Gasteiger partial charge < -0.3 is 14.2 Å². The van der Waals surface area contributed by atoms with Crippen LogP contribution in [0.2, 0.25) is 0 Å². The SMILES string of the molecule is C=CCc1c(C)nc(N2CCN(C(=O)c3ccco3)CC2)[nH]c1=O. The molecule has 7 heteroatoms. The van der Waals surface area contributed by atoms with Crippen LogP contribution in [-0.4, -0.2) is 47.0 Å². The maximum atomic E-state index is 12.3. The van der Waals surface area contributed by atoms with Crippen molar-refractivity contribution in [2.45, 2.75) is 13.3 Å². The Morgan fingerprint density at radius 2 is 2.17 bits per heavy atom. The monoisotopic (exact) mass is 328 g/mol. The molecule has 0 bridgehead atoms. The molecule has 126 valence electrons. The van der Waals surface area contributed by atoms with Crippen molar-refractivity contribution in [3.05, 3.63) is 58.4 Å². The normalized spacial score (nSPS) is 14.7. The third kappa shape index (κ3) is 3.10. The molecule has 2 aromatic heterocycles. The van der Waals surface area contributed by atoms with E-state index in [1.54, 1.807) is 23.1 Å². The maximum absolute atomic E-state index is 12.3. The number of carbonyl (C=O) groups excluding carboxylic acids is 1. The van der Waals surface area contributed by atoms with Crippen LogP contribution < -0.4 is 10.5 Å². The molecule has 0 saturated carbocycles. The summed E-state index contributed by atoms with van der Waals surface area (Å²) in [7, 11) is 0. The van der Waals surface area contributed by atoms with Crippen molar-refractivity contribution < 1.29 is 9.21 Å². The number of carbonyl (C=O) groups is 1. The molecule has 24 heavy (non-hydrogen) atoms. The number of aromatic nitrogens is 2. The van der Waals surface area contributed by atoms with Gasteiger partial charge in [-0.15, -0.1) is 6.58 Å². The summed E-state index contributed by atoms with van der Waals surface area (Å²) in [5.74, 6) is 0.786. The van der Waals surface area contributed by atoms with Crippen LogP contribution in [0.4, 0.5) is 5.95 Å². The third-order valence-electron chi connectivity index (χ3n) is 4.16. The number of rotatable bonds is 4. The maximum Gasteiger partial charge on any atom is 0.289 e. The van der Waals surface area contributed by atoms with E-state index in [1.807, 2.05) is 11.8 Å². The minimum Gasteiger partial charge on any atom is -0.459 e. The number of furan rings is 1. The Morgan fingerprint density at radius 3 is 2.75 bits per heavy atom. The molecule has 0 aromatic carbocycles. The van der Waals surface area contributed by atoms with E-state index in [4.69, 9.17) is 4.42 Å². The highest BCUT2D eigenvalue weighted by atomic mass is 16.3. The molecular weight excluding hydrogens is 308 g/mol. The number of allylic oxidation sites excluding steroid dienone is 1. The van der Waals surface area contributed by atoms with Crippen LogP contribution in [0.15, 0.2) is 40.3 Å². The molecule has 1 N–H and O–H groups in total. The van der Waals surface area contributed by atoms with E-state index in [1.165, 1.54) is 6.26 Å². The summed E-state index contributed by atoms with van der Waals surface area (Å²) in [4.78, 5) is 35.5. The van der Waals surface area contributed by atoms with E-state index >= 15 is 0 Å². The van der Waals surface area contributed by atoms with Gasteiger partial charge in [0.2, 0.25) is 5.95 Å². The van der Waals surface area contributed by atoms with Crippen LogP contribution in [0.25, 0.3) is 0 Å². The van der Waals surface area contributed by atoms with Gasteiger partial charge in [-0.25, -0.2) is 4.98 Å². The molecule has 2 aromatic rings. The van der Waals surface area contributed by atoms with E-state index in [0.717, 1.165) is 0 Å². The predicted molar refractivity (Wildman–Crippen MR) is 90.3 cm³/mol. The number of aromatic amines is 1. The van der Waals surface area contributed by atoms with Crippen molar-refractivity contribution in [2.75, 3.05) is 31.1 Å². The molecule has 0 spiro atoms. The fraction of sp³-hybridized carbons (Fsp3) is 0.353. The summed E-state index contributed by atoms with van der Waals surface area (Å²) < 4.78 is 5.15. The number of aryl methyl sites for hydroxylation is 1. The molecule has 1 amide bonds. The van der Waals surface area contributed by atoms with Gasteiger partial charge >= 0.3 is 0 Å². The number of nitrogens with one attached hydrogen (secondary N) is 1. The lowest BCUT2D eigenvalue weighted by Crippen LogP contribution is -2.49. The van der Waals surface area contributed by atoms with E-state index in [0.29, 0.717) is 55.6 Å². The molecule has 0 aliphatic carbocycles. The zero-order valence-corrected chi connectivity index (χ0v) is 13.6. The van der Waals surface area contributed by atoms with Gasteiger partial charge in [-0.1, -0.05) is 6.08 Å². The smallest absolute Gasteiger partial charge is 0.289 e. The van der Waals surface area contributed by atoms with E-state index < -0.39 is 0 Å². The Bertz CT molecular complexity index is 787. The fourth-order valence-electron chi connectivity index (χ4n) is 2.81. The van der Waals surface area contributed by atoms with Crippen molar-refractivity contribution >= 4 is 11.9 Å². The highest BCUT2D eigenvalue weighted by Crippen LogP contribution is 2.14. The van der Waals surface area contributed by atoms with Crippen molar-refractivity contribution in [2.24, 2.45) is 0 Å². The Kier molecular flexibility index (Phi) is 4.50. The molecule has 0 radical (unpaired) electrons. The number of piperazine rings is 1. The zero-order chi connectivity index (χ0) is 17.1. The molecule has 0 atom stereocenters. The van der Waals surface area contributed by atoms with Crippen LogP contribution >= 0.6 is 0 Å². The molecule has 1 fully saturated rings. The van der Waals surface area contributed by atoms with Gasteiger partial charge in [0.15, 0.2) is 5.76 Å². The summed E-state index contributed by atoms with van der Waals surface area (Å²) in [6, 6.07) is 3.36. The second-order valence-corrected chi connectivity index (χ2v) is 5.70. The van der Waals surface area contributed by atoms with Gasteiger partial charge in [0, 0.05) is 31.7 Å². The lowest BCUT2D eigenvalue weighted by Gasteiger charge is -2.34. The fourth-order valence-corrected chi connectivity index (χ4v) is 2.81. The first-order chi connectivity index (χ1) is 11.6. The molecular formula is C17H20N4O3. The number of hydrogen-bond acceptors (Lipinski definition) is 5. The lowest BCUT2D eigenvalue weighted by atomic mass is 10.2. The first-order valence-electron chi connectivity index (χ1n) is 7.88. The van der Waals surface area contributed by atoms with E-state index in [2.05, 4.69) is 16.5 Å². The van der Waals surface area contributed by atoms with Gasteiger partial charge in [-0.05, 0) is 25.5 Å². The number of hydrogen-bond donors (Lipinski definition) is 1. The van der Waals surface area contributed by atoms with Crippen molar-refractivity contribution in [1.82, 2.24) is 14.9 Å². The molecule has 3 heterocycles. The van der Waals surface area contributed by atoms with Crippen molar-refractivity contribution in [3.8, 4) is 0 Å². The van der Waals surface area contributed by atoms with Crippen molar-refractivity contribution in [3.63, 3.8) is 0 Å². The molecule has 0 unspecified atom stereocenters. The Hall–Kier alpha value is -2.83. The van der Waals surface area contributed by atoms with E-state index in [9.17, 15) is 9.59 Å². The van der Waals surface area contributed by atoms with Crippen LogP contribution in [0, 0.1) is 6.92 Å². The molecule has 1 aliphatic heterocycles. The molecule has 7 nitrogen and oxygen atoms in total. The topological polar surface area (TPSA) is 82.4 Å². The van der Waals surface area contributed by atoms with Crippen LogP contribution in [0.1, 0.15) is 21.8 Å². The average molecular weight is 328 g/mol. The summed E-state index contributed by atoms with van der Waals surface area (Å²) in [5.41, 5.74) is 1.22. The number of H-pyrrole nitrogens is 1. The highest BCUT2D eigenvalue weighted by Gasteiger charge is 2.25. The van der Waals surface area contributed by atoms with Crippen molar-refractivity contribution in [1.29, 1.82) is 0 Å². The molecule has 1 aliphatic rings. The molecule has 1 saturated heterocycles. The minimum absolute atomic E-state index is 0.112. The van der Waals surface area contributed by atoms with Gasteiger partial charge in [-0.2, -0.15) is 0 Å². The Morgan fingerprint density at radius 1 is 1.42 bits per heavy atom. The average Bonchev–Trinajstić information content (AvgIpc) is 3.12. The van der Waals surface area contributed by atoms with Crippen LogP contribution in [-0.2, 0) is 6.42 Å². The van der Waals surface area contributed by atoms with E-state index in [-0.39, 0.29) is 11.5 Å². The Balaban J connectivity index is 1.70. The first-order valence-corrected chi connectivity index (χ1v) is 7.88. The number of nitrogens with zero attached hydrogens (tertiary/aromatic N) is 3. The van der Waals surface area contributed by atoms with Gasteiger partial charge in [0.1, 0.15) is 0 Å².